The highest BCUT2D eigenvalue weighted by molar-refractivity contribution is 5.94. The van der Waals surface area contributed by atoms with Gasteiger partial charge in [0.1, 0.15) is 12.1 Å². The Balaban J connectivity index is 0.00000168. The molecule has 6 nitrogen and oxygen atoms in total. The molecule has 0 atom stereocenters. The van der Waals surface area contributed by atoms with Gasteiger partial charge in [0.05, 0.1) is 17.2 Å². The monoisotopic (exact) mass is 366 g/mol. The lowest BCUT2D eigenvalue weighted by Gasteiger charge is -2.18. The predicted octanol–water partition coefficient (Wildman–Crippen LogP) is 4.27. The standard InChI is InChI=1S/C19H18N6.ClH/c1-2-8-25(7-1)15-4-6-18-16(10-15)19(21-12-20-18)23-14-3-5-17-13(9-14)11-22-24-17;/h3-6,9-12H,1-2,7-8H2,(H,22,24)(H,20,21,23);1H. The molecule has 0 saturated carbocycles. The van der Waals surface area contributed by atoms with E-state index in [-0.39, 0.29) is 12.4 Å². The maximum Gasteiger partial charge on any atom is 0.141 e. The molecule has 0 amide bonds. The molecule has 26 heavy (non-hydrogen) atoms. The van der Waals surface area contributed by atoms with Gasteiger partial charge in [-0.1, -0.05) is 0 Å². The molecule has 2 N–H and O–H groups in total. The average molecular weight is 367 g/mol. The number of fused-ring (bicyclic) bond motifs is 2. The molecule has 1 fully saturated rings. The second-order valence-corrected chi connectivity index (χ2v) is 6.41. The lowest BCUT2D eigenvalue weighted by molar-refractivity contribution is 0.949. The van der Waals surface area contributed by atoms with Gasteiger partial charge in [0, 0.05) is 35.2 Å². The summed E-state index contributed by atoms with van der Waals surface area (Å²) in [5.74, 6) is 0.828. The highest BCUT2D eigenvalue weighted by atomic mass is 35.5. The Morgan fingerprint density at radius 3 is 2.77 bits per heavy atom. The van der Waals surface area contributed by atoms with Crippen LogP contribution in [0.5, 0.6) is 0 Å². The molecule has 3 heterocycles. The lowest BCUT2D eigenvalue weighted by Crippen LogP contribution is -2.17. The first-order valence-corrected chi connectivity index (χ1v) is 8.57. The summed E-state index contributed by atoms with van der Waals surface area (Å²) in [5, 5.41) is 12.6. The van der Waals surface area contributed by atoms with Crippen molar-refractivity contribution in [2.45, 2.75) is 12.8 Å². The molecule has 1 saturated heterocycles. The second-order valence-electron chi connectivity index (χ2n) is 6.41. The van der Waals surface area contributed by atoms with Crippen LogP contribution >= 0.6 is 12.4 Å². The van der Waals surface area contributed by atoms with Gasteiger partial charge in [-0.25, -0.2) is 9.97 Å². The van der Waals surface area contributed by atoms with E-state index in [1.807, 2.05) is 18.3 Å². The second kappa shape index (κ2) is 6.80. The number of nitrogens with one attached hydrogen (secondary N) is 2. The van der Waals surface area contributed by atoms with Crippen molar-refractivity contribution >= 4 is 51.4 Å². The van der Waals surface area contributed by atoms with E-state index in [2.05, 4.69) is 54.6 Å². The van der Waals surface area contributed by atoms with Gasteiger partial charge in [-0.05, 0) is 49.2 Å². The van der Waals surface area contributed by atoms with E-state index in [4.69, 9.17) is 0 Å². The van der Waals surface area contributed by atoms with E-state index in [0.717, 1.165) is 46.4 Å². The van der Waals surface area contributed by atoms with E-state index >= 15 is 0 Å². The van der Waals surface area contributed by atoms with Gasteiger partial charge in [0.2, 0.25) is 0 Å². The van der Waals surface area contributed by atoms with E-state index in [1.165, 1.54) is 18.5 Å². The molecule has 7 heteroatoms. The van der Waals surface area contributed by atoms with Crippen molar-refractivity contribution in [3.8, 4) is 0 Å². The number of aromatic nitrogens is 4. The zero-order valence-electron chi connectivity index (χ0n) is 14.1. The van der Waals surface area contributed by atoms with E-state index in [0.29, 0.717) is 0 Å². The van der Waals surface area contributed by atoms with Crippen LogP contribution in [0.25, 0.3) is 21.8 Å². The van der Waals surface area contributed by atoms with Crippen LogP contribution in [0.1, 0.15) is 12.8 Å². The Labute approximate surface area is 157 Å². The highest BCUT2D eigenvalue weighted by Crippen LogP contribution is 2.29. The van der Waals surface area contributed by atoms with Crippen LogP contribution in [0.2, 0.25) is 0 Å². The van der Waals surface area contributed by atoms with Gasteiger partial charge in [-0.2, -0.15) is 5.10 Å². The summed E-state index contributed by atoms with van der Waals surface area (Å²) in [7, 11) is 0. The van der Waals surface area contributed by atoms with Crippen molar-refractivity contribution in [3.05, 3.63) is 48.9 Å². The number of aromatic amines is 1. The van der Waals surface area contributed by atoms with Crippen LogP contribution in [0.15, 0.2) is 48.9 Å². The van der Waals surface area contributed by atoms with Gasteiger partial charge >= 0.3 is 0 Å². The van der Waals surface area contributed by atoms with Crippen LogP contribution in [0.4, 0.5) is 17.2 Å². The molecule has 2 aromatic carbocycles. The third kappa shape index (κ3) is 2.93. The summed E-state index contributed by atoms with van der Waals surface area (Å²) in [6.45, 7) is 2.25. The smallest absolute Gasteiger partial charge is 0.141 e. The minimum atomic E-state index is 0. The molecule has 132 valence electrons. The minimum absolute atomic E-state index is 0. The zero-order chi connectivity index (χ0) is 16.6. The Morgan fingerprint density at radius 2 is 1.88 bits per heavy atom. The minimum Gasteiger partial charge on any atom is -0.372 e. The Bertz CT molecular complexity index is 1050. The van der Waals surface area contributed by atoms with Crippen molar-refractivity contribution in [1.82, 2.24) is 20.2 Å². The van der Waals surface area contributed by atoms with Crippen LogP contribution < -0.4 is 10.2 Å². The van der Waals surface area contributed by atoms with Gasteiger partial charge in [0.15, 0.2) is 0 Å². The molecule has 0 radical (unpaired) electrons. The Kier molecular flexibility index (Phi) is 4.34. The fourth-order valence-corrected chi connectivity index (χ4v) is 3.47. The molecule has 2 aromatic heterocycles. The number of benzene rings is 2. The van der Waals surface area contributed by atoms with Crippen molar-refractivity contribution < 1.29 is 0 Å². The predicted molar refractivity (Wildman–Crippen MR) is 108 cm³/mol. The van der Waals surface area contributed by atoms with E-state index in [1.54, 1.807) is 6.33 Å². The van der Waals surface area contributed by atoms with Crippen LogP contribution in [-0.4, -0.2) is 33.3 Å². The van der Waals surface area contributed by atoms with Crippen LogP contribution in [0.3, 0.4) is 0 Å². The van der Waals surface area contributed by atoms with Crippen LogP contribution in [-0.2, 0) is 0 Å². The normalized spacial score (nSPS) is 13.9. The summed E-state index contributed by atoms with van der Waals surface area (Å²) in [5.41, 5.74) is 4.20. The summed E-state index contributed by atoms with van der Waals surface area (Å²) in [6.07, 6.45) is 5.96. The number of hydrogen-bond donors (Lipinski definition) is 2. The molecular weight excluding hydrogens is 348 g/mol. The molecule has 0 spiro atoms. The third-order valence-corrected chi connectivity index (χ3v) is 4.79. The van der Waals surface area contributed by atoms with E-state index in [9.17, 15) is 0 Å². The SMILES string of the molecule is Cl.c1nc(Nc2ccc3[nH]ncc3c2)c2cc(N3CCCC3)ccc2n1. The number of rotatable bonds is 3. The van der Waals surface area contributed by atoms with Crippen molar-refractivity contribution in [2.75, 3.05) is 23.3 Å². The van der Waals surface area contributed by atoms with Crippen LogP contribution in [0, 0.1) is 0 Å². The quantitative estimate of drug-likeness (QED) is 0.566. The first kappa shape index (κ1) is 16.6. The average Bonchev–Trinajstić information content (AvgIpc) is 3.33. The maximum atomic E-state index is 4.47. The summed E-state index contributed by atoms with van der Waals surface area (Å²) in [4.78, 5) is 11.3. The molecular formula is C19H19ClN6. The van der Waals surface area contributed by atoms with Gasteiger partial charge < -0.3 is 10.2 Å². The number of H-pyrrole nitrogens is 1. The zero-order valence-corrected chi connectivity index (χ0v) is 15.0. The number of nitrogens with zero attached hydrogens (tertiary/aromatic N) is 4. The topological polar surface area (TPSA) is 69.7 Å². The molecule has 4 aromatic rings. The molecule has 1 aliphatic rings. The summed E-state index contributed by atoms with van der Waals surface area (Å²) >= 11 is 0. The summed E-state index contributed by atoms with van der Waals surface area (Å²) in [6, 6.07) is 12.5. The first-order valence-electron chi connectivity index (χ1n) is 8.57. The fraction of sp³-hybridized carbons (Fsp3) is 0.211. The Morgan fingerprint density at radius 1 is 1.00 bits per heavy atom. The van der Waals surface area contributed by atoms with Gasteiger partial charge in [-0.3, -0.25) is 5.10 Å². The molecule has 5 rings (SSSR count). The molecule has 1 aliphatic heterocycles. The first-order chi connectivity index (χ1) is 12.4. The maximum absolute atomic E-state index is 4.47. The number of hydrogen-bond acceptors (Lipinski definition) is 5. The molecule has 0 aliphatic carbocycles. The fourth-order valence-electron chi connectivity index (χ4n) is 3.47. The van der Waals surface area contributed by atoms with Gasteiger partial charge in [0.25, 0.3) is 0 Å². The number of anilines is 3. The third-order valence-electron chi connectivity index (χ3n) is 4.79. The largest absolute Gasteiger partial charge is 0.372 e. The summed E-state index contributed by atoms with van der Waals surface area (Å²) < 4.78 is 0. The van der Waals surface area contributed by atoms with Crippen molar-refractivity contribution in [1.29, 1.82) is 0 Å². The molecule has 0 unspecified atom stereocenters. The van der Waals surface area contributed by atoms with Crippen molar-refractivity contribution in [3.63, 3.8) is 0 Å². The highest BCUT2D eigenvalue weighted by Gasteiger charge is 2.14. The van der Waals surface area contributed by atoms with Gasteiger partial charge in [-0.15, -0.1) is 12.4 Å². The number of halogens is 1. The van der Waals surface area contributed by atoms with E-state index < -0.39 is 0 Å². The van der Waals surface area contributed by atoms with Crippen molar-refractivity contribution in [2.24, 2.45) is 0 Å². The molecule has 0 bridgehead atoms. The Hall–Kier alpha value is -2.86. The lowest BCUT2D eigenvalue weighted by atomic mass is 10.2.